The Morgan fingerprint density at radius 1 is 1.19 bits per heavy atom. The first-order valence-electron chi connectivity index (χ1n) is 10.4. The third-order valence-electron chi connectivity index (χ3n) is 5.09. The molecule has 3 aromatic heterocycles. The molecule has 7 heteroatoms. The summed E-state index contributed by atoms with van der Waals surface area (Å²) < 4.78 is 12.9. The molecule has 1 aromatic carbocycles. The van der Waals surface area contributed by atoms with Gasteiger partial charge in [0, 0.05) is 19.2 Å². The van der Waals surface area contributed by atoms with Gasteiger partial charge in [0.25, 0.3) is 5.91 Å². The number of nitrogens with one attached hydrogen (secondary N) is 1. The third-order valence-corrected chi connectivity index (χ3v) is 5.09. The van der Waals surface area contributed by atoms with Crippen molar-refractivity contribution in [2.45, 2.75) is 40.0 Å². The van der Waals surface area contributed by atoms with E-state index in [0.29, 0.717) is 47.8 Å². The molecular weight excluding hydrogens is 392 g/mol. The highest BCUT2D eigenvalue weighted by Gasteiger charge is 2.19. The number of furan rings is 1. The van der Waals surface area contributed by atoms with Crippen LogP contribution in [0.2, 0.25) is 0 Å². The maximum Gasteiger partial charge on any atom is 0.252 e. The molecule has 0 aliphatic carbocycles. The van der Waals surface area contributed by atoms with Crippen LogP contribution in [0.15, 0.2) is 59.3 Å². The number of hydrogen-bond acceptors (Lipinski definition) is 5. The number of carbonyl (C=O) groups is 1. The summed E-state index contributed by atoms with van der Waals surface area (Å²) in [5, 5.41) is 8.21. The Balaban J connectivity index is 1.66. The summed E-state index contributed by atoms with van der Waals surface area (Å²) in [5.74, 6) is 0.421. The average Bonchev–Trinajstić information content (AvgIpc) is 3.45. The van der Waals surface area contributed by atoms with Crippen LogP contribution < -0.4 is 5.32 Å². The van der Waals surface area contributed by atoms with E-state index in [1.54, 1.807) is 24.6 Å². The molecule has 0 aliphatic heterocycles. The Bertz CT molecular complexity index is 1180. The van der Waals surface area contributed by atoms with Crippen molar-refractivity contribution in [3.05, 3.63) is 71.6 Å². The fourth-order valence-corrected chi connectivity index (χ4v) is 3.49. The van der Waals surface area contributed by atoms with E-state index in [0.717, 1.165) is 11.1 Å². The SMILES string of the molecule is CCOCc1ccccc1CNC(=O)c1cc(-c2ccco2)nc2c1cnn2C(C)C. The maximum absolute atomic E-state index is 13.2. The number of rotatable bonds is 8. The van der Waals surface area contributed by atoms with E-state index in [2.05, 4.69) is 10.4 Å². The van der Waals surface area contributed by atoms with E-state index in [4.69, 9.17) is 14.1 Å². The van der Waals surface area contributed by atoms with Gasteiger partial charge in [-0.25, -0.2) is 9.67 Å². The zero-order valence-corrected chi connectivity index (χ0v) is 18.0. The molecule has 160 valence electrons. The summed E-state index contributed by atoms with van der Waals surface area (Å²) in [7, 11) is 0. The Morgan fingerprint density at radius 3 is 2.71 bits per heavy atom. The number of pyridine rings is 1. The number of fused-ring (bicyclic) bond motifs is 1. The second-order valence-electron chi connectivity index (χ2n) is 7.54. The van der Waals surface area contributed by atoms with Crippen molar-refractivity contribution >= 4 is 16.9 Å². The van der Waals surface area contributed by atoms with Crippen molar-refractivity contribution in [3.8, 4) is 11.5 Å². The minimum atomic E-state index is -0.185. The molecule has 0 saturated carbocycles. The van der Waals surface area contributed by atoms with Crippen LogP contribution in [0.1, 0.15) is 48.3 Å². The molecule has 4 rings (SSSR count). The van der Waals surface area contributed by atoms with E-state index < -0.39 is 0 Å². The number of ether oxygens (including phenoxy) is 1. The van der Waals surface area contributed by atoms with Gasteiger partial charge >= 0.3 is 0 Å². The molecule has 7 nitrogen and oxygen atoms in total. The summed E-state index contributed by atoms with van der Waals surface area (Å²) in [6.07, 6.45) is 3.29. The summed E-state index contributed by atoms with van der Waals surface area (Å²) in [6, 6.07) is 13.5. The third kappa shape index (κ3) is 4.36. The Kier molecular flexibility index (Phi) is 6.13. The minimum Gasteiger partial charge on any atom is -0.463 e. The smallest absolute Gasteiger partial charge is 0.252 e. The summed E-state index contributed by atoms with van der Waals surface area (Å²) in [6.45, 7) is 7.59. The molecule has 0 unspecified atom stereocenters. The lowest BCUT2D eigenvalue weighted by molar-refractivity contribution is 0.0951. The minimum absolute atomic E-state index is 0.109. The Hall–Kier alpha value is -3.45. The highest BCUT2D eigenvalue weighted by Crippen LogP contribution is 2.26. The lowest BCUT2D eigenvalue weighted by Crippen LogP contribution is -2.24. The molecule has 31 heavy (non-hydrogen) atoms. The van der Waals surface area contributed by atoms with Crippen LogP contribution in [0.4, 0.5) is 0 Å². The number of carbonyl (C=O) groups excluding carboxylic acids is 1. The lowest BCUT2D eigenvalue weighted by Gasteiger charge is -2.12. The summed E-state index contributed by atoms with van der Waals surface area (Å²) >= 11 is 0. The molecule has 0 radical (unpaired) electrons. The second kappa shape index (κ2) is 9.14. The molecule has 3 heterocycles. The molecule has 0 spiro atoms. The number of hydrogen-bond donors (Lipinski definition) is 1. The zero-order valence-electron chi connectivity index (χ0n) is 18.0. The van der Waals surface area contributed by atoms with E-state index in [1.165, 1.54) is 0 Å². The van der Waals surface area contributed by atoms with E-state index in [9.17, 15) is 4.79 Å². The predicted octanol–water partition coefficient (Wildman–Crippen LogP) is 4.74. The van der Waals surface area contributed by atoms with E-state index >= 15 is 0 Å². The van der Waals surface area contributed by atoms with Gasteiger partial charge in [0.05, 0.1) is 30.0 Å². The molecule has 0 saturated heterocycles. The number of amides is 1. The van der Waals surface area contributed by atoms with Gasteiger partial charge in [0.15, 0.2) is 11.4 Å². The highest BCUT2D eigenvalue weighted by atomic mass is 16.5. The first kappa shape index (κ1) is 20.8. The van der Waals surface area contributed by atoms with Crippen molar-refractivity contribution in [3.63, 3.8) is 0 Å². The summed E-state index contributed by atoms with van der Waals surface area (Å²) in [5.41, 5.74) is 3.87. The normalized spacial score (nSPS) is 11.4. The lowest BCUT2D eigenvalue weighted by atomic mass is 10.1. The molecule has 0 atom stereocenters. The molecule has 0 bridgehead atoms. The molecule has 4 aromatic rings. The highest BCUT2D eigenvalue weighted by molar-refractivity contribution is 6.06. The number of benzene rings is 1. The van der Waals surface area contributed by atoms with E-state index in [1.807, 2.05) is 55.8 Å². The second-order valence-corrected chi connectivity index (χ2v) is 7.54. The van der Waals surface area contributed by atoms with Gasteiger partial charge in [-0.15, -0.1) is 0 Å². The van der Waals surface area contributed by atoms with E-state index in [-0.39, 0.29) is 11.9 Å². The Morgan fingerprint density at radius 2 is 2.00 bits per heavy atom. The van der Waals surface area contributed by atoms with Gasteiger partial charge in [-0.3, -0.25) is 4.79 Å². The number of nitrogens with zero attached hydrogens (tertiary/aromatic N) is 3. The average molecular weight is 418 g/mol. The van der Waals surface area contributed by atoms with Crippen LogP contribution >= 0.6 is 0 Å². The van der Waals surface area contributed by atoms with Crippen LogP contribution in [-0.2, 0) is 17.9 Å². The van der Waals surface area contributed by atoms with Gasteiger partial charge in [-0.05, 0) is 50.1 Å². The summed E-state index contributed by atoms with van der Waals surface area (Å²) in [4.78, 5) is 17.9. The standard InChI is InChI=1S/C24H26N4O3/c1-4-30-15-18-9-6-5-8-17(18)13-25-24(29)19-12-21(22-10-7-11-31-22)27-23-20(19)14-26-28(23)16(2)3/h5-12,14,16H,4,13,15H2,1-3H3,(H,25,29). The first-order chi connectivity index (χ1) is 15.1. The Labute approximate surface area is 181 Å². The molecule has 1 N–H and O–H groups in total. The maximum atomic E-state index is 13.2. The quantitative estimate of drug-likeness (QED) is 0.447. The molecule has 0 aliphatic rings. The molecule has 0 fully saturated rings. The molecular formula is C24H26N4O3. The zero-order chi connectivity index (χ0) is 21.8. The van der Waals surface area contributed by atoms with Gasteiger partial charge < -0.3 is 14.5 Å². The first-order valence-corrected chi connectivity index (χ1v) is 10.4. The molecule has 1 amide bonds. The number of aromatic nitrogens is 3. The largest absolute Gasteiger partial charge is 0.463 e. The van der Waals surface area contributed by atoms with Gasteiger partial charge in [-0.2, -0.15) is 5.10 Å². The monoisotopic (exact) mass is 418 g/mol. The van der Waals surface area contributed by atoms with Crippen LogP contribution in [-0.4, -0.2) is 27.3 Å². The fourth-order valence-electron chi connectivity index (χ4n) is 3.49. The van der Waals surface area contributed by atoms with Crippen LogP contribution in [0, 0.1) is 0 Å². The van der Waals surface area contributed by atoms with Crippen molar-refractivity contribution < 1.29 is 13.9 Å². The van der Waals surface area contributed by atoms with Gasteiger partial charge in [0.1, 0.15) is 5.69 Å². The van der Waals surface area contributed by atoms with Crippen LogP contribution in [0.5, 0.6) is 0 Å². The van der Waals surface area contributed by atoms with Crippen LogP contribution in [0.25, 0.3) is 22.5 Å². The topological polar surface area (TPSA) is 82.2 Å². The van der Waals surface area contributed by atoms with Crippen molar-refractivity contribution in [2.75, 3.05) is 6.61 Å². The fraction of sp³-hybridized carbons (Fsp3) is 0.292. The van der Waals surface area contributed by atoms with Crippen molar-refractivity contribution in [1.82, 2.24) is 20.1 Å². The predicted molar refractivity (Wildman–Crippen MR) is 119 cm³/mol. The van der Waals surface area contributed by atoms with Crippen LogP contribution in [0.3, 0.4) is 0 Å². The van der Waals surface area contributed by atoms with Gasteiger partial charge in [-0.1, -0.05) is 24.3 Å². The van der Waals surface area contributed by atoms with Crippen molar-refractivity contribution in [2.24, 2.45) is 0 Å². The van der Waals surface area contributed by atoms with Crippen molar-refractivity contribution in [1.29, 1.82) is 0 Å². The van der Waals surface area contributed by atoms with Gasteiger partial charge in [0.2, 0.25) is 0 Å².